The Bertz CT molecular complexity index is 3800. The Balaban J connectivity index is 0.958. The van der Waals surface area contributed by atoms with Crippen molar-refractivity contribution in [1.29, 1.82) is 0 Å². The molecule has 0 atom stereocenters. The van der Waals surface area contributed by atoms with Gasteiger partial charge in [0.05, 0.1) is 5.69 Å². The third-order valence-electron chi connectivity index (χ3n) is 13.3. The van der Waals surface area contributed by atoms with Crippen LogP contribution in [0.1, 0.15) is 0 Å². The van der Waals surface area contributed by atoms with E-state index in [2.05, 4.69) is 229 Å². The predicted octanol–water partition coefficient (Wildman–Crippen LogP) is 18.4. The molecule has 11 aromatic carbocycles. The quantitative estimate of drug-likeness (QED) is 0.152. The third kappa shape index (κ3) is 6.59. The molecule has 3 nitrogen and oxygen atoms in total. The van der Waals surface area contributed by atoms with Gasteiger partial charge in [-0.1, -0.05) is 200 Å². The molecule has 0 aliphatic carbocycles. The van der Waals surface area contributed by atoms with Crippen LogP contribution in [0.4, 0.5) is 17.1 Å². The summed E-state index contributed by atoms with van der Waals surface area (Å²) < 4.78 is 13.0. The number of benzene rings is 11. The van der Waals surface area contributed by atoms with Gasteiger partial charge in [-0.05, 0) is 98.4 Å². The molecule has 0 bridgehead atoms. The highest BCUT2D eigenvalue weighted by atomic mass is 16.3. The van der Waals surface area contributed by atoms with E-state index in [9.17, 15) is 0 Å². The Morgan fingerprint density at radius 3 is 1.21 bits per heavy atom. The van der Waals surface area contributed by atoms with Crippen LogP contribution in [0.5, 0.6) is 0 Å². The van der Waals surface area contributed by atoms with Crippen molar-refractivity contribution in [3.8, 4) is 55.6 Å². The minimum absolute atomic E-state index is 0.895. The minimum Gasteiger partial charge on any atom is -0.455 e. The Hall–Kier alpha value is -8.92. The predicted molar refractivity (Wildman–Crippen MR) is 280 cm³/mol. The van der Waals surface area contributed by atoms with E-state index in [1.807, 2.05) is 24.3 Å². The number of rotatable bonds is 8. The van der Waals surface area contributed by atoms with Crippen LogP contribution in [0.15, 0.2) is 258 Å². The number of anilines is 3. The van der Waals surface area contributed by atoms with Gasteiger partial charge in [0.2, 0.25) is 0 Å². The molecule has 0 spiro atoms. The van der Waals surface area contributed by atoms with Gasteiger partial charge in [-0.15, -0.1) is 0 Å². The molecule has 0 fully saturated rings. The van der Waals surface area contributed by atoms with E-state index in [1.165, 1.54) is 38.8 Å². The molecule has 0 saturated carbocycles. The van der Waals surface area contributed by atoms with E-state index < -0.39 is 0 Å². The number of fused-ring (bicyclic) bond motifs is 7. The van der Waals surface area contributed by atoms with Crippen LogP contribution in [0, 0.1) is 0 Å². The zero-order chi connectivity index (χ0) is 44.3. The summed E-state index contributed by atoms with van der Waals surface area (Å²) in [5.74, 6) is 0. The average molecular weight is 856 g/mol. The van der Waals surface area contributed by atoms with E-state index in [4.69, 9.17) is 8.83 Å². The summed E-state index contributed by atoms with van der Waals surface area (Å²) in [6, 6.07) is 88.9. The van der Waals surface area contributed by atoms with Crippen molar-refractivity contribution in [3.05, 3.63) is 249 Å². The zero-order valence-corrected chi connectivity index (χ0v) is 36.4. The molecule has 0 aliphatic heterocycles. The second kappa shape index (κ2) is 16.0. The lowest BCUT2D eigenvalue weighted by Gasteiger charge is -2.28. The topological polar surface area (TPSA) is 29.5 Å². The summed E-state index contributed by atoms with van der Waals surface area (Å²) in [6.07, 6.45) is 0. The van der Waals surface area contributed by atoms with Crippen LogP contribution in [-0.4, -0.2) is 0 Å². The summed E-state index contributed by atoms with van der Waals surface area (Å²) in [7, 11) is 0. The highest BCUT2D eigenvalue weighted by Gasteiger charge is 2.21. The van der Waals surface area contributed by atoms with Crippen LogP contribution in [-0.2, 0) is 0 Å². The molecule has 2 aromatic heterocycles. The molecular weight excluding hydrogens is 815 g/mol. The maximum Gasteiger partial charge on any atom is 0.143 e. The second-order valence-electron chi connectivity index (χ2n) is 17.2. The zero-order valence-electron chi connectivity index (χ0n) is 36.4. The molecule has 0 amide bonds. The summed E-state index contributed by atoms with van der Waals surface area (Å²) in [5, 5.41) is 6.82. The lowest BCUT2D eigenvalue weighted by atomic mass is 9.89. The number of para-hydroxylation sites is 4. The van der Waals surface area contributed by atoms with Crippen LogP contribution in [0.3, 0.4) is 0 Å². The minimum atomic E-state index is 0.895. The fourth-order valence-electron chi connectivity index (χ4n) is 10.1. The van der Waals surface area contributed by atoms with Gasteiger partial charge in [-0.3, -0.25) is 0 Å². The van der Waals surface area contributed by atoms with Crippen LogP contribution >= 0.6 is 0 Å². The van der Waals surface area contributed by atoms with Gasteiger partial charge in [-0.25, -0.2) is 0 Å². The molecule has 13 aromatic rings. The first-order valence-electron chi connectivity index (χ1n) is 22.8. The molecular formula is C64H41NO2. The van der Waals surface area contributed by atoms with Crippen molar-refractivity contribution in [1.82, 2.24) is 0 Å². The van der Waals surface area contributed by atoms with E-state index in [1.54, 1.807) is 0 Å². The molecule has 0 aliphatic rings. The highest BCUT2D eigenvalue weighted by molar-refractivity contribution is 6.11. The van der Waals surface area contributed by atoms with Crippen molar-refractivity contribution in [2.24, 2.45) is 0 Å². The summed E-state index contributed by atoms with van der Waals surface area (Å²) in [5.41, 5.74) is 18.2. The monoisotopic (exact) mass is 855 g/mol. The highest BCUT2D eigenvalue weighted by Crippen LogP contribution is 2.46. The Kier molecular flexibility index (Phi) is 9.17. The number of nitrogens with zero attached hydrogens (tertiary/aromatic N) is 1. The smallest absolute Gasteiger partial charge is 0.143 e. The first kappa shape index (κ1) is 38.5. The third-order valence-corrected chi connectivity index (χ3v) is 13.3. The van der Waals surface area contributed by atoms with Gasteiger partial charge >= 0.3 is 0 Å². The first-order chi connectivity index (χ1) is 33.2. The SMILES string of the molecule is c1ccc(-c2ccc(-c3ccc(N(c4ccc(-c5cccc6c5oc5ccccc56)cc4)c4ccc(-c5cccc6c5oc5ccccc56)cc4)c4ccccc34)cc2-c2ccccc2)cc1. The van der Waals surface area contributed by atoms with Crippen molar-refractivity contribution < 1.29 is 8.83 Å². The molecule has 67 heavy (non-hydrogen) atoms. The summed E-state index contributed by atoms with van der Waals surface area (Å²) >= 11 is 0. The Morgan fingerprint density at radius 2 is 0.657 bits per heavy atom. The lowest BCUT2D eigenvalue weighted by Crippen LogP contribution is -2.10. The van der Waals surface area contributed by atoms with Crippen molar-refractivity contribution >= 4 is 71.7 Å². The fourth-order valence-corrected chi connectivity index (χ4v) is 10.1. The van der Waals surface area contributed by atoms with Gasteiger partial charge < -0.3 is 13.7 Å². The maximum atomic E-state index is 6.49. The van der Waals surface area contributed by atoms with Crippen molar-refractivity contribution in [2.45, 2.75) is 0 Å². The standard InChI is InChI=1S/C64H41NO2/c1-3-15-42(16-4-1)49-38-33-46(41-59(49)43-17-5-2-6-18-43)50-39-40-60(54-20-8-7-19-53(50)54)65(47-34-29-44(30-35-47)51-23-13-25-57-55-21-9-11-27-61(55)66-63(51)57)48-36-31-45(32-37-48)52-24-14-26-58-56-22-10-12-28-62(56)67-64(52)58/h1-41H. The number of furan rings is 2. The van der Waals surface area contributed by atoms with Gasteiger partial charge in [0, 0.05) is 49.4 Å². The molecule has 0 saturated heterocycles. The Morgan fingerprint density at radius 1 is 0.239 bits per heavy atom. The first-order valence-corrected chi connectivity index (χ1v) is 22.8. The average Bonchev–Trinajstić information content (AvgIpc) is 3.99. The molecule has 0 N–H and O–H groups in total. The van der Waals surface area contributed by atoms with Crippen molar-refractivity contribution in [2.75, 3.05) is 4.90 Å². The van der Waals surface area contributed by atoms with Gasteiger partial charge in [0.15, 0.2) is 0 Å². The molecule has 0 unspecified atom stereocenters. The van der Waals surface area contributed by atoms with Gasteiger partial charge in [0.1, 0.15) is 22.3 Å². The largest absolute Gasteiger partial charge is 0.455 e. The van der Waals surface area contributed by atoms with E-state index in [0.29, 0.717) is 0 Å². The second-order valence-corrected chi connectivity index (χ2v) is 17.2. The molecule has 13 rings (SSSR count). The Labute approximate surface area is 388 Å². The number of hydrogen-bond acceptors (Lipinski definition) is 3. The van der Waals surface area contributed by atoms with E-state index in [-0.39, 0.29) is 0 Å². The molecule has 3 heteroatoms. The van der Waals surface area contributed by atoms with E-state index in [0.717, 1.165) is 88.6 Å². The molecule has 314 valence electrons. The lowest BCUT2D eigenvalue weighted by molar-refractivity contribution is 0.669. The maximum absolute atomic E-state index is 6.49. The van der Waals surface area contributed by atoms with Crippen LogP contribution in [0.2, 0.25) is 0 Å². The number of hydrogen-bond donors (Lipinski definition) is 0. The van der Waals surface area contributed by atoms with Gasteiger partial charge in [0.25, 0.3) is 0 Å². The summed E-state index contributed by atoms with van der Waals surface area (Å²) in [6.45, 7) is 0. The normalized spacial score (nSPS) is 11.6. The van der Waals surface area contributed by atoms with Crippen LogP contribution < -0.4 is 4.90 Å². The van der Waals surface area contributed by atoms with Crippen molar-refractivity contribution in [3.63, 3.8) is 0 Å². The summed E-state index contributed by atoms with van der Waals surface area (Å²) in [4.78, 5) is 2.39. The molecule has 0 radical (unpaired) electrons. The van der Waals surface area contributed by atoms with Crippen LogP contribution in [0.25, 0.3) is 110 Å². The fraction of sp³-hybridized carbons (Fsp3) is 0. The molecule has 2 heterocycles. The van der Waals surface area contributed by atoms with E-state index >= 15 is 0 Å². The van der Waals surface area contributed by atoms with Gasteiger partial charge in [-0.2, -0.15) is 0 Å².